The SMILES string of the molecule is Nc1c(I)cnn1Cc1ccc(C2CC2)cc1. The Balaban J connectivity index is 1.78. The molecule has 0 unspecified atom stereocenters. The lowest BCUT2D eigenvalue weighted by Crippen LogP contribution is -2.06. The van der Waals surface area contributed by atoms with Gasteiger partial charge in [0.25, 0.3) is 0 Å². The number of nitrogen functional groups attached to an aromatic ring is 1. The molecule has 1 aromatic carbocycles. The molecule has 0 saturated heterocycles. The largest absolute Gasteiger partial charge is 0.383 e. The molecule has 2 N–H and O–H groups in total. The average Bonchev–Trinajstić information content (AvgIpc) is 3.14. The van der Waals surface area contributed by atoms with Gasteiger partial charge in [-0.05, 0) is 52.5 Å². The normalized spacial score (nSPS) is 15.1. The van der Waals surface area contributed by atoms with Crippen molar-refractivity contribution in [3.05, 3.63) is 45.2 Å². The van der Waals surface area contributed by atoms with E-state index >= 15 is 0 Å². The maximum atomic E-state index is 5.93. The third kappa shape index (κ3) is 2.31. The zero-order valence-electron chi connectivity index (χ0n) is 9.44. The van der Waals surface area contributed by atoms with Crippen LogP contribution in [0.15, 0.2) is 30.5 Å². The second-order valence-electron chi connectivity index (χ2n) is 4.55. The van der Waals surface area contributed by atoms with Crippen LogP contribution in [-0.2, 0) is 6.54 Å². The molecule has 2 aromatic rings. The minimum absolute atomic E-state index is 0.747. The number of benzene rings is 1. The van der Waals surface area contributed by atoms with E-state index in [-0.39, 0.29) is 0 Å². The van der Waals surface area contributed by atoms with Crippen LogP contribution >= 0.6 is 22.6 Å². The van der Waals surface area contributed by atoms with Gasteiger partial charge >= 0.3 is 0 Å². The van der Waals surface area contributed by atoms with Crippen molar-refractivity contribution >= 4 is 28.4 Å². The van der Waals surface area contributed by atoms with Crippen LogP contribution in [0.1, 0.15) is 29.9 Å². The van der Waals surface area contributed by atoms with Crippen molar-refractivity contribution in [3.8, 4) is 0 Å². The molecule has 88 valence electrons. The maximum Gasteiger partial charge on any atom is 0.135 e. The van der Waals surface area contributed by atoms with Crippen molar-refractivity contribution in [1.29, 1.82) is 0 Å². The van der Waals surface area contributed by atoms with Gasteiger partial charge in [-0.3, -0.25) is 0 Å². The molecule has 1 aliphatic carbocycles. The average molecular weight is 339 g/mol. The summed E-state index contributed by atoms with van der Waals surface area (Å²) in [6.07, 6.45) is 4.50. The Hall–Kier alpha value is -1.04. The highest BCUT2D eigenvalue weighted by Gasteiger charge is 2.22. The van der Waals surface area contributed by atoms with E-state index in [2.05, 4.69) is 52.0 Å². The van der Waals surface area contributed by atoms with E-state index in [9.17, 15) is 0 Å². The lowest BCUT2D eigenvalue weighted by atomic mass is 10.1. The van der Waals surface area contributed by atoms with Crippen LogP contribution in [0.3, 0.4) is 0 Å². The predicted molar refractivity (Wildman–Crippen MR) is 76.9 cm³/mol. The molecule has 3 rings (SSSR count). The van der Waals surface area contributed by atoms with Crippen LogP contribution in [0.5, 0.6) is 0 Å². The first-order valence-corrected chi connectivity index (χ1v) is 6.87. The zero-order valence-corrected chi connectivity index (χ0v) is 11.6. The van der Waals surface area contributed by atoms with E-state index < -0.39 is 0 Å². The number of nitrogens with two attached hydrogens (primary N) is 1. The summed E-state index contributed by atoms with van der Waals surface area (Å²) in [4.78, 5) is 0. The highest BCUT2D eigenvalue weighted by Crippen LogP contribution is 2.39. The second kappa shape index (κ2) is 4.33. The van der Waals surface area contributed by atoms with Gasteiger partial charge in [-0.25, -0.2) is 4.68 Å². The first-order valence-electron chi connectivity index (χ1n) is 5.79. The van der Waals surface area contributed by atoms with Crippen molar-refractivity contribution in [2.75, 3.05) is 5.73 Å². The fraction of sp³-hybridized carbons (Fsp3) is 0.308. The summed E-state index contributed by atoms with van der Waals surface area (Å²) in [5, 5.41) is 4.26. The molecule has 0 aliphatic heterocycles. The van der Waals surface area contributed by atoms with E-state index in [4.69, 9.17) is 5.73 Å². The smallest absolute Gasteiger partial charge is 0.135 e. The first kappa shape index (κ1) is 11.1. The molecule has 17 heavy (non-hydrogen) atoms. The Labute approximate surface area is 114 Å². The lowest BCUT2D eigenvalue weighted by Gasteiger charge is -2.05. The van der Waals surface area contributed by atoms with Gasteiger partial charge in [-0.1, -0.05) is 24.3 Å². The summed E-state index contributed by atoms with van der Waals surface area (Å²) in [7, 11) is 0. The van der Waals surface area contributed by atoms with Gasteiger partial charge in [0.15, 0.2) is 0 Å². The lowest BCUT2D eigenvalue weighted by molar-refractivity contribution is 0.697. The molecular weight excluding hydrogens is 325 g/mol. The Morgan fingerprint density at radius 1 is 1.29 bits per heavy atom. The molecule has 3 nitrogen and oxygen atoms in total. The minimum atomic E-state index is 0.747. The van der Waals surface area contributed by atoms with Crippen molar-refractivity contribution in [2.45, 2.75) is 25.3 Å². The Morgan fingerprint density at radius 2 is 2.00 bits per heavy atom. The van der Waals surface area contributed by atoms with Crippen molar-refractivity contribution < 1.29 is 0 Å². The number of aromatic nitrogens is 2. The zero-order chi connectivity index (χ0) is 11.8. The first-order chi connectivity index (χ1) is 8.24. The van der Waals surface area contributed by atoms with Crippen LogP contribution in [0.2, 0.25) is 0 Å². The van der Waals surface area contributed by atoms with Gasteiger partial charge in [-0.2, -0.15) is 5.10 Å². The van der Waals surface area contributed by atoms with Gasteiger partial charge in [0.2, 0.25) is 0 Å². The van der Waals surface area contributed by atoms with Crippen molar-refractivity contribution in [1.82, 2.24) is 9.78 Å². The molecular formula is C13H14IN3. The monoisotopic (exact) mass is 339 g/mol. The Kier molecular flexibility index (Phi) is 2.82. The number of halogens is 1. The Bertz CT molecular complexity index is 526. The number of hydrogen-bond donors (Lipinski definition) is 1. The standard InChI is InChI=1S/C13H14IN3/c14-12-7-16-17(13(12)15)8-9-1-3-10(4-2-9)11-5-6-11/h1-4,7,11H,5-6,8,15H2. The molecule has 1 saturated carbocycles. The minimum Gasteiger partial charge on any atom is -0.383 e. The highest BCUT2D eigenvalue weighted by molar-refractivity contribution is 14.1. The van der Waals surface area contributed by atoms with Crippen LogP contribution in [0, 0.1) is 3.57 Å². The maximum absolute atomic E-state index is 5.93. The molecule has 0 amide bonds. The summed E-state index contributed by atoms with van der Waals surface area (Å²) in [5.41, 5.74) is 8.65. The van der Waals surface area contributed by atoms with E-state index in [0.717, 1.165) is 21.9 Å². The number of nitrogens with zero attached hydrogens (tertiary/aromatic N) is 2. The number of anilines is 1. The molecule has 0 atom stereocenters. The predicted octanol–water partition coefficient (Wildman–Crippen LogP) is 3.00. The molecule has 1 fully saturated rings. The van der Waals surface area contributed by atoms with E-state index in [1.165, 1.54) is 24.0 Å². The Morgan fingerprint density at radius 3 is 2.53 bits per heavy atom. The molecule has 1 aromatic heterocycles. The van der Waals surface area contributed by atoms with Crippen molar-refractivity contribution in [3.63, 3.8) is 0 Å². The molecule has 1 heterocycles. The number of hydrogen-bond acceptors (Lipinski definition) is 2. The molecule has 4 heteroatoms. The summed E-state index contributed by atoms with van der Waals surface area (Å²) in [5.74, 6) is 1.57. The van der Waals surface area contributed by atoms with Gasteiger partial charge in [0, 0.05) is 0 Å². The third-order valence-electron chi connectivity index (χ3n) is 3.19. The molecule has 1 aliphatic rings. The fourth-order valence-electron chi connectivity index (χ4n) is 1.98. The third-order valence-corrected chi connectivity index (χ3v) is 4.03. The number of rotatable bonds is 3. The van der Waals surface area contributed by atoms with Crippen LogP contribution < -0.4 is 5.73 Å². The van der Waals surface area contributed by atoms with Gasteiger partial charge < -0.3 is 5.73 Å². The second-order valence-corrected chi connectivity index (χ2v) is 5.71. The summed E-state index contributed by atoms with van der Waals surface area (Å²) in [6, 6.07) is 8.83. The van der Waals surface area contributed by atoms with Crippen LogP contribution in [0.4, 0.5) is 5.82 Å². The summed E-state index contributed by atoms with van der Waals surface area (Å²) >= 11 is 2.20. The molecule has 0 spiro atoms. The van der Waals surface area contributed by atoms with Crippen LogP contribution in [0.25, 0.3) is 0 Å². The molecule has 0 bridgehead atoms. The fourth-order valence-corrected chi connectivity index (χ4v) is 2.39. The van der Waals surface area contributed by atoms with Crippen LogP contribution in [-0.4, -0.2) is 9.78 Å². The summed E-state index contributed by atoms with van der Waals surface area (Å²) < 4.78 is 2.85. The quantitative estimate of drug-likeness (QED) is 0.874. The van der Waals surface area contributed by atoms with Gasteiger partial charge in [0.1, 0.15) is 5.82 Å². The summed E-state index contributed by atoms with van der Waals surface area (Å²) in [6.45, 7) is 0.750. The van der Waals surface area contributed by atoms with E-state index in [0.29, 0.717) is 0 Å². The molecule has 0 radical (unpaired) electrons. The highest BCUT2D eigenvalue weighted by atomic mass is 127. The van der Waals surface area contributed by atoms with Crippen molar-refractivity contribution in [2.24, 2.45) is 0 Å². The van der Waals surface area contributed by atoms with E-state index in [1.54, 1.807) is 6.20 Å². The van der Waals surface area contributed by atoms with Gasteiger partial charge in [-0.15, -0.1) is 0 Å². The van der Waals surface area contributed by atoms with E-state index in [1.807, 2.05) is 4.68 Å². The van der Waals surface area contributed by atoms with Gasteiger partial charge in [0.05, 0.1) is 16.3 Å². The topological polar surface area (TPSA) is 43.8 Å².